The van der Waals surface area contributed by atoms with E-state index in [-0.39, 0.29) is 10.9 Å². The summed E-state index contributed by atoms with van der Waals surface area (Å²) in [6.07, 6.45) is 1.85. The first-order valence-electron chi connectivity index (χ1n) is 4.56. The molecule has 0 spiro atoms. The van der Waals surface area contributed by atoms with E-state index in [0.29, 0.717) is 0 Å². The Balaban J connectivity index is 3.09. The molecule has 0 saturated heterocycles. The molecule has 78 valence electrons. The van der Waals surface area contributed by atoms with E-state index >= 15 is 0 Å². The molecule has 1 atom stereocenters. The first kappa shape index (κ1) is 11.7. The number of allylic oxidation sites excluding steroid dienone is 1. The molecule has 0 bridgehead atoms. The fraction of sp³-hybridized carbons (Fsp3) is 0.250. The molecule has 0 N–H and O–H groups in total. The van der Waals surface area contributed by atoms with Crippen molar-refractivity contribution < 1.29 is 4.39 Å². The minimum Gasteiger partial charge on any atom is -0.206 e. The highest BCUT2D eigenvalue weighted by Gasteiger charge is 2.03. The summed E-state index contributed by atoms with van der Waals surface area (Å²) in [5, 5.41) is 8.58. The Kier molecular flexibility index (Phi) is 3.88. The van der Waals surface area contributed by atoms with E-state index < -0.39 is 5.82 Å². The first-order chi connectivity index (χ1) is 7.04. The third kappa shape index (κ3) is 3.07. The standard InChI is InChI=1S/C12H11ClFN/c1-8(9(2)13)5-10-3-4-12(14)11(6-10)7-15/h3-6,9H,1-2H3/b8-5+. The monoisotopic (exact) mass is 223 g/mol. The van der Waals surface area contributed by atoms with E-state index in [0.717, 1.165) is 11.1 Å². The molecule has 3 heteroatoms. The molecule has 0 heterocycles. The Morgan fingerprint density at radius 3 is 2.80 bits per heavy atom. The van der Waals surface area contributed by atoms with Crippen molar-refractivity contribution in [3.8, 4) is 6.07 Å². The van der Waals surface area contributed by atoms with Gasteiger partial charge in [0.05, 0.1) is 10.9 Å². The summed E-state index contributed by atoms with van der Waals surface area (Å²) in [5.41, 5.74) is 1.82. The van der Waals surface area contributed by atoms with Crippen LogP contribution in [0.3, 0.4) is 0 Å². The van der Waals surface area contributed by atoms with Crippen LogP contribution in [0.25, 0.3) is 6.08 Å². The summed E-state index contributed by atoms with van der Waals surface area (Å²) in [6, 6.07) is 6.23. The van der Waals surface area contributed by atoms with E-state index in [9.17, 15) is 4.39 Å². The van der Waals surface area contributed by atoms with Gasteiger partial charge in [-0.05, 0) is 31.5 Å². The molecule has 0 amide bonds. The van der Waals surface area contributed by atoms with Crippen molar-refractivity contribution in [1.82, 2.24) is 0 Å². The van der Waals surface area contributed by atoms with Crippen LogP contribution in [0.1, 0.15) is 25.0 Å². The highest BCUT2D eigenvalue weighted by Crippen LogP contribution is 2.16. The molecule has 15 heavy (non-hydrogen) atoms. The van der Waals surface area contributed by atoms with Crippen molar-refractivity contribution >= 4 is 17.7 Å². The molecule has 0 aliphatic rings. The maximum atomic E-state index is 13.0. The van der Waals surface area contributed by atoms with Gasteiger partial charge >= 0.3 is 0 Å². The highest BCUT2D eigenvalue weighted by atomic mass is 35.5. The minimum absolute atomic E-state index is 0.0544. The third-order valence-electron chi connectivity index (χ3n) is 2.13. The van der Waals surface area contributed by atoms with Crippen molar-refractivity contribution in [1.29, 1.82) is 5.26 Å². The van der Waals surface area contributed by atoms with Gasteiger partial charge in [0.25, 0.3) is 0 Å². The molecule has 1 aromatic carbocycles. The van der Waals surface area contributed by atoms with Gasteiger partial charge in [0.15, 0.2) is 0 Å². The number of halogens is 2. The van der Waals surface area contributed by atoms with E-state index in [2.05, 4.69) is 0 Å². The van der Waals surface area contributed by atoms with Gasteiger partial charge in [-0.25, -0.2) is 4.39 Å². The van der Waals surface area contributed by atoms with Gasteiger partial charge in [0.2, 0.25) is 0 Å². The zero-order chi connectivity index (χ0) is 11.4. The van der Waals surface area contributed by atoms with Gasteiger partial charge in [-0.3, -0.25) is 0 Å². The molecule has 0 aromatic heterocycles. The summed E-state index contributed by atoms with van der Waals surface area (Å²) in [5.74, 6) is -0.494. The van der Waals surface area contributed by atoms with Crippen LogP contribution in [-0.4, -0.2) is 5.38 Å². The maximum absolute atomic E-state index is 13.0. The number of benzene rings is 1. The molecular formula is C12H11ClFN. The van der Waals surface area contributed by atoms with Gasteiger partial charge in [0.1, 0.15) is 11.9 Å². The second-order valence-electron chi connectivity index (χ2n) is 3.36. The second-order valence-corrected chi connectivity index (χ2v) is 4.01. The Bertz CT molecular complexity index is 430. The molecular weight excluding hydrogens is 213 g/mol. The van der Waals surface area contributed by atoms with Crippen LogP contribution in [0, 0.1) is 17.1 Å². The second kappa shape index (κ2) is 4.95. The van der Waals surface area contributed by atoms with Crippen LogP contribution in [0.4, 0.5) is 4.39 Å². The van der Waals surface area contributed by atoms with Crippen LogP contribution in [0.15, 0.2) is 23.8 Å². The number of nitriles is 1. The van der Waals surface area contributed by atoms with Crippen LogP contribution >= 0.6 is 11.6 Å². The normalized spacial score (nSPS) is 13.4. The van der Waals surface area contributed by atoms with Crippen LogP contribution < -0.4 is 0 Å². The summed E-state index contributed by atoms with van der Waals surface area (Å²) >= 11 is 5.88. The largest absolute Gasteiger partial charge is 0.206 e. The topological polar surface area (TPSA) is 23.8 Å². The van der Waals surface area contributed by atoms with Gasteiger partial charge in [0, 0.05) is 0 Å². The highest BCUT2D eigenvalue weighted by molar-refractivity contribution is 6.22. The fourth-order valence-corrected chi connectivity index (χ4v) is 1.16. The SMILES string of the molecule is C/C(=C\c1ccc(F)c(C#N)c1)C(C)Cl. The van der Waals surface area contributed by atoms with Gasteiger partial charge in [-0.2, -0.15) is 5.26 Å². The Morgan fingerprint density at radius 1 is 1.60 bits per heavy atom. The molecule has 0 aliphatic heterocycles. The molecule has 0 radical (unpaired) electrons. The third-order valence-corrected chi connectivity index (χ3v) is 2.48. The summed E-state index contributed by atoms with van der Waals surface area (Å²) in [6.45, 7) is 3.76. The van der Waals surface area contributed by atoms with Gasteiger partial charge in [-0.1, -0.05) is 17.7 Å². The van der Waals surface area contributed by atoms with Crippen molar-refractivity contribution in [3.63, 3.8) is 0 Å². The maximum Gasteiger partial charge on any atom is 0.140 e. The Labute approximate surface area is 93.8 Å². The molecule has 1 aromatic rings. The first-order valence-corrected chi connectivity index (χ1v) is 5.00. The smallest absolute Gasteiger partial charge is 0.140 e. The van der Waals surface area contributed by atoms with Crippen molar-refractivity contribution in [2.75, 3.05) is 0 Å². The number of nitrogens with zero attached hydrogens (tertiary/aromatic N) is 1. The van der Waals surface area contributed by atoms with Gasteiger partial charge < -0.3 is 0 Å². The Hall–Kier alpha value is -1.33. The minimum atomic E-state index is -0.494. The van der Waals surface area contributed by atoms with Gasteiger partial charge in [-0.15, -0.1) is 11.6 Å². The average molecular weight is 224 g/mol. The Morgan fingerprint density at radius 2 is 2.27 bits per heavy atom. The fourth-order valence-electron chi connectivity index (χ4n) is 1.10. The van der Waals surface area contributed by atoms with E-state index in [4.69, 9.17) is 16.9 Å². The number of alkyl halides is 1. The molecule has 1 unspecified atom stereocenters. The lowest BCUT2D eigenvalue weighted by Crippen LogP contribution is -1.92. The van der Waals surface area contributed by atoms with E-state index in [1.165, 1.54) is 12.1 Å². The van der Waals surface area contributed by atoms with Crippen LogP contribution in [0.5, 0.6) is 0 Å². The molecule has 0 fully saturated rings. The average Bonchev–Trinajstić information content (AvgIpc) is 2.20. The molecule has 0 aliphatic carbocycles. The molecule has 1 nitrogen and oxygen atoms in total. The lowest BCUT2D eigenvalue weighted by Gasteiger charge is -2.03. The van der Waals surface area contributed by atoms with E-state index in [1.54, 1.807) is 12.1 Å². The summed E-state index contributed by atoms with van der Waals surface area (Å²) < 4.78 is 13.0. The number of hydrogen-bond acceptors (Lipinski definition) is 1. The lowest BCUT2D eigenvalue weighted by atomic mass is 10.1. The van der Waals surface area contributed by atoms with Crippen molar-refractivity contribution in [2.45, 2.75) is 19.2 Å². The predicted octanol–water partition coefficient (Wildman–Crippen LogP) is 3.73. The summed E-state index contributed by atoms with van der Waals surface area (Å²) in [7, 11) is 0. The quantitative estimate of drug-likeness (QED) is 0.701. The molecule has 1 rings (SSSR count). The van der Waals surface area contributed by atoms with Crippen LogP contribution in [-0.2, 0) is 0 Å². The zero-order valence-electron chi connectivity index (χ0n) is 8.59. The number of hydrogen-bond donors (Lipinski definition) is 0. The van der Waals surface area contributed by atoms with Crippen LogP contribution in [0.2, 0.25) is 0 Å². The summed E-state index contributed by atoms with van der Waals surface area (Å²) in [4.78, 5) is 0. The van der Waals surface area contributed by atoms with Crippen molar-refractivity contribution in [2.24, 2.45) is 0 Å². The van der Waals surface area contributed by atoms with Crippen molar-refractivity contribution in [3.05, 3.63) is 40.7 Å². The predicted molar refractivity (Wildman–Crippen MR) is 60.1 cm³/mol. The van der Waals surface area contributed by atoms with E-state index in [1.807, 2.05) is 19.9 Å². The lowest BCUT2D eigenvalue weighted by molar-refractivity contribution is 0.624. The molecule has 0 saturated carbocycles. The number of rotatable bonds is 2. The zero-order valence-corrected chi connectivity index (χ0v) is 9.35.